The molecular weight excluding hydrogens is 398 g/mol. The number of carbonyl (C=O) groups is 1. The number of para-hydroxylation sites is 1. The standard InChI is InChI=1S/C26H31N5O/c1-2-30-9-8-21(28-30)16-27-25(32)23-17-31(22-6-4-3-5-7-22)29-24(23)26-13-18-10-19(14-26)12-20(11-18)15-26/h3-9,17-20H,2,10-16H2,1H3,(H,27,32). The van der Waals surface area contributed by atoms with Crippen LogP contribution >= 0.6 is 0 Å². The normalized spacial score (nSPS) is 28.2. The van der Waals surface area contributed by atoms with Gasteiger partial charge in [-0.25, -0.2) is 4.68 Å². The van der Waals surface area contributed by atoms with E-state index < -0.39 is 0 Å². The van der Waals surface area contributed by atoms with Gasteiger partial charge in [-0.1, -0.05) is 18.2 Å². The Morgan fingerprint density at radius 3 is 2.34 bits per heavy atom. The molecule has 1 amide bonds. The van der Waals surface area contributed by atoms with E-state index in [0.717, 1.165) is 46.9 Å². The Bertz CT molecular complexity index is 1090. The zero-order chi connectivity index (χ0) is 21.7. The average Bonchev–Trinajstić information content (AvgIpc) is 3.45. The molecule has 6 nitrogen and oxygen atoms in total. The zero-order valence-corrected chi connectivity index (χ0v) is 18.7. The summed E-state index contributed by atoms with van der Waals surface area (Å²) in [4.78, 5) is 13.5. The third-order valence-electron chi connectivity index (χ3n) is 7.97. The Morgan fingerprint density at radius 1 is 1.03 bits per heavy atom. The summed E-state index contributed by atoms with van der Waals surface area (Å²) in [5.41, 5.74) is 3.71. The molecule has 166 valence electrons. The van der Waals surface area contributed by atoms with Crippen molar-refractivity contribution in [2.24, 2.45) is 17.8 Å². The SMILES string of the molecule is CCn1ccc(CNC(=O)c2cn(-c3ccccc3)nc2C23CC4CC(CC(C4)C2)C3)n1. The van der Waals surface area contributed by atoms with Crippen LogP contribution in [-0.4, -0.2) is 25.5 Å². The van der Waals surface area contributed by atoms with Crippen LogP contribution in [0, 0.1) is 17.8 Å². The first-order valence-electron chi connectivity index (χ1n) is 12.1. The van der Waals surface area contributed by atoms with Gasteiger partial charge in [-0.05, 0) is 81.4 Å². The molecule has 6 heteroatoms. The molecule has 32 heavy (non-hydrogen) atoms. The van der Waals surface area contributed by atoms with Gasteiger partial charge in [0, 0.05) is 24.4 Å². The Labute approximate surface area is 189 Å². The van der Waals surface area contributed by atoms with Gasteiger partial charge in [0.25, 0.3) is 5.91 Å². The molecule has 7 rings (SSSR count). The molecule has 2 heterocycles. The lowest BCUT2D eigenvalue weighted by Crippen LogP contribution is -2.49. The van der Waals surface area contributed by atoms with Crippen LogP contribution in [0.5, 0.6) is 0 Å². The van der Waals surface area contributed by atoms with Crippen molar-refractivity contribution in [2.75, 3.05) is 0 Å². The zero-order valence-electron chi connectivity index (χ0n) is 18.7. The second-order valence-corrected chi connectivity index (χ2v) is 10.2. The van der Waals surface area contributed by atoms with Gasteiger partial charge in [0.2, 0.25) is 0 Å². The molecule has 2 aromatic heterocycles. The van der Waals surface area contributed by atoms with E-state index in [0.29, 0.717) is 6.54 Å². The van der Waals surface area contributed by atoms with Crippen LogP contribution in [0.15, 0.2) is 48.8 Å². The van der Waals surface area contributed by atoms with Gasteiger partial charge < -0.3 is 5.32 Å². The monoisotopic (exact) mass is 429 g/mol. The Kier molecular flexibility index (Phi) is 4.70. The van der Waals surface area contributed by atoms with E-state index in [1.165, 1.54) is 38.5 Å². The lowest BCUT2D eigenvalue weighted by molar-refractivity contribution is -0.00770. The fourth-order valence-corrected chi connectivity index (χ4v) is 6.99. The predicted octanol–water partition coefficient (Wildman–Crippen LogP) is 4.49. The first-order valence-corrected chi connectivity index (χ1v) is 12.1. The summed E-state index contributed by atoms with van der Waals surface area (Å²) in [7, 11) is 0. The molecule has 1 aromatic carbocycles. The highest BCUT2D eigenvalue weighted by Crippen LogP contribution is 2.60. The molecule has 4 aliphatic rings. The fraction of sp³-hybridized carbons (Fsp3) is 0.500. The van der Waals surface area contributed by atoms with E-state index in [-0.39, 0.29) is 11.3 Å². The molecule has 4 aliphatic carbocycles. The van der Waals surface area contributed by atoms with Gasteiger partial charge in [-0.2, -0.15) is 10.2 Å². The van der Waals surface area contributed by atoms with Gasteiger partial charge in [-0.15, -0.1) is 0 Å². The predicted molar refractivity (Wildman–Crippen MR) is 122 cm³/mol. The smallest absolute Gasteiger partial charge is 0.255 e. The largest absolute Gasteiger partial charge is 0.346 e. The number of nitrogens with one attached hydrogen (secondary N) is 1. The maximum absolute atomic E-state index is 13.5. The van der Waals surface area contributed by atoms with Crippen LogP contribution in [0.3, 0.4) is 0 Å². The van der Waals surface area contributed by atoms with Crippen molar-refractivity contribution in [3.8, 4) is 5.69 Å². The second-order valence-electron chi connectivity index (χ2n) is 10.2. The molecule has 3 aromatic rings. The van der Waals surface area contributed by atoms with E-state index in [9.17, 15) is 4.79 Å². The minimum atomic E-state index is -0.0380. The van der Waals surface area contributed by atoms with E-state index in [2.05, 4.69) is 29.5 Å². The maximum Gasteiger partial charge on any atom is 0.255 e. The van der Waals surface area contributed by atoms with Gasteiger partial charge in [0.15, 0.2) is 0 Å². The summed E-state index contributed by atoms with van der Waals surface area (Å²) in [6.45, 7) is 3.32. The summed E-state index contributed by atoms with van der Waals surface area (Å²) in [6.07, 6.45) is 11.6. The van der Waals surface area contributed by atoms with Crippen LogP contribution in [0.25, 0.3) is 5.69 Å². The molecule has 0 radical (unpaired) electrons. The molecule has 0 atom stereocenters. The van der Waals surface area contributed by atoms with Crippen molar-refractivity contribution >= 4 is 5.91 Å². The fourth-order valence-electron chi connectivity index (χ4n) is 6.99. The summed E-state index contributed by atoms with van der Waals surface area (Å²) < 4.78 is 3.80. The van der Waals surface area contributed by atoms with E-state index in [1.807, 2.05) is 46.0 Å². The van der Waals surface area contributed by atoms with Crippen molar-refractivity contribution in [1.82, 2.24) is 24.9 Å². The first-order chi connectivity index (χ1) is 15.6. The number of hydrogen-bond acceptors (Lipinski definition) is 3. The van der Waals surface area contributed by atoms with Crippen LogP contribution in [-0.2, 0) is 18.5 Å². The molecule has 0 saturated heterocycles. The number of rotatable bonds is 6. The lowest BCUT2D eigenvalue weighted by Gasteiger charge is -2.56. The highest BCUT2D eigenvalue weighted by atomic mass is 16.1. The van der Waals surface area contributed by atoms with Crippen LogP contribution in [0.2, 0.25) is 0 Å². The summed E-state index contributed by atoms with van der Waals surface area (Å²) >= 11 is 0. The van der Waals surface area contributed by atoms with Crippen molar-refractivity contribution < 1.29 is 4.79 Å². The van der Waals surface area contributed by atoms with Gasteiger partial charge in [-0.3, -0.25) is 9.48 Å². The molecular formula is C26H31N5O. The van der Waals surface area contributed by atoms with Crippen LogP contribution in [0.4, 0.5) is 0 Å². The molecule has 4 fully saturated rings. The summed E-state index contributed by atoms with van der Waals surface area (Å²) in [5, 5.41) is 12.7. The third-order valence-corrected chi connectivity index (χ3v) is 7.97. The lowest BCUT2D eigenvalue weighted by atomic mass is 9.48. The highest BCUT2D eigenvalue weighted by molar-refractivity contribution is 5.95. The van der Waals surface area contributed by atoms with E-state index >= 15 is 0 Å². The number of benzene rings is 1. The second kappa shape index (κ2) is 7.61. The Hall–Kier alpha value is -2.89. The van der Waals surface area contributed by atoms with Crippen LogP contribution < -0.4 is 5.32 Å². The maximum atomic E-state index is 13.5. The third kappa shape index (κ3) is 3.37. The Morgan fingerprint density at radius 2 is 1.72 bits per heavy atom. The number of carbonyl (C=O) groups excluding carboxylic acids is 1. The van der Waals surface area contributed by atoms with Gasteiger partial charge in [0.05, 0.1) is 29.2 Å². The van der Waals surface area contributed by atoms with E-state index in [4.69, 9.17) is 5.10 Å². The molecule has 0 spiro atoms. The van der Waals surface area contributed by atoms with Gasteiger partial charge in [0.1, 0.15) is 0 Å². The summed E-state index contributed by atoms with van der Waals surface area (Å²) in [6, 6.07) is 12.1. The van der Waals surface area contributed by atoms with E-state index in [1.54, 1.807) is 0 Å². The number of aromatic nitrogens is 4. The molecule has 0 unspecified atom stereocenters. The Balaban J connectivity index is 1.34. The molecule has 0 aliphatic heterocycles. The highest BCUT2D eigenvalue weighted by Gasteiger charge is 2.53. The van der Waals surface area contributed by atoms with Gasteiger partial charge >= 0.3 is 0 Å². The topological polar surface area (TPSA) is 64.7 Å². The molecule has 1 N–H and O–H groups in total. The van der Waals surface area contributed by atoms with Crippen molar-refractivity contribution in [3.05, 3.63) is 65.7 Å². The van der Waals surface area contributed by atoms with Crippen molar-refractivity contribution in [3.63, 3.8) is 0 Å². The average molecular weight is 430 g/mol. The van der Waals surface area contributed by atoms with Crippen molar-refractivity contribution in [2.45, 2.75) is 64.0 Å². The van der Waals surface area contributed by atoms with Crippen LogP contribution in [0.1, 0.15) is 67.2 Å². The number of nitrogens with zero attached hydrogens (tertiary/aromatic N) is 4. The first kappa shape index (κ1) is 19.8. The number of hydrogen-bond donors (Lipinski definition) is 1. The summed E-state index contributed by atoms with van der Waals surface area (Å²) in [5.74, 6) is 2.37. The minimum Gasteiger partial charge on any atom is -0.346 e. The molecule has 4 saturated carbocycles. The quantitative estimate of drug-likeness (QED) is 0.628. The number of aryl methyl sites for hydroxylation is 1. The number of amides is 1. The van der Waals surface area contributed by atoms with Crippen molar-refractivity contribution in [1.29, 1.82) is 0 Å². The minimum absolute atomic E-state index is 0.0380. The molecule has 4 bridgehead atoms.